The third-order valence-corrected chi connectivity index (χ3v) is 6.63. The van der Waals surface area contributed by atoms with E-state index in [9.17, 15) is 24.3 Å². The van der Waals surface area contributed by atoms with Gasteiger partial charge in [-0.2, -0.15) is 0 Å². The van der Waals surface area contributed by atoms with Crippen LogP contribution in [0.5, 0.6) is 0 Å². The number of aliphatic hydroxyl groups excluding tert-OH is 1. The van der Waals surface area contributed by atoms with Gasteiger partial charge in [0.2, 0.25) is 5.91 Å². The number of carbonyl (C=O) groups is 4. The average molecular weight is 613 g/mol. The number of ether oxygens (including phenoxy) is 2. The van der Waals surface area contributed by atoms with Crippen LogP contribution in [0.15, 0.2) is 36.4 Å². The number of esters is 1. The Balaban J connectivity index is 1.86. The third kappa shape index (κ3) is 10.2. The number of aromatic nitrogens is 2. The van der Waals surface area contributed by atoms with Gasteiger partial charge in [-0.25, -0.2) is 14.8 Å². The highest BCUT2D eigenvalue weighted by molar-refractivity contribution is 5.97. The summed E-state index contributed by atoms with van der Waals surface area (Å²) in [5, 5.41) is 15.7. The summed E-state index contributed by atoms with van der Waals surface area (Å²) in [7, 11) is 0. The molecule has 2 aromatic rings. The van der Waals surface area contributed by atoms with Gasteiger partial charge >= 0.3 is 12.1 Å². The third-order valence-electron chi connectivity index (χ3n) is 6.63. The highest BCUT2D eigenvalue weighted by atomic mass is 16.6. The van der Waals surface area contributed by atoms with Gasteiger partial charge in [0.1, 0.15) is 23.2 Å². The zero-order chi connectivity index (χ0) is 32.5. The van der Waals surface area contributed by atoms with Crippen LogP contribution in [0.4, 0.5) is 10.6 Å². The molecule has 0 radical (unpaired) electrons. The number of hydrogen-bond donors (Lipinski definition) is 3. The van der Waals surface area contributed by atoms with Gasteiger partial charge in [0.05, 0.1) is 18.8 Å². The molecule has 3 N–H and O–H groups in total. The summed E-state index contributed by atoms with van der Waals surface area (Å²) in [6.45, 7) is 11.6. The molecule has 1 atom stereocenters. The minimum Gasteiger partial charge on any atom is -0.460 e. The van der Waals surface area contributed by atoms with E-state index in [1.54, 1.807) is 58.6 Å². The summed E-state index contributed by atoms with van der Waals surface area (Å²) in [4.78, 5) is 64.1. The van der Waals surface area contributed by atoms with Crippen molar-refractivity contribution in [2.24, 2.45) is 0 Å². The fourth-order valence-electron chi connectivity index (χ4n) is 4.42. The number of piperazine rings is 1. The standard InChI is InChI=1S/C31H44N6O7/c1-7-43-29(42)37-17-15-36(16-18-37)28(41)22(13-14-25(39)44-30(2,3)4)33-27(40)23-19-24(35-31(5,6)20-38)34-26(32-23)21-11-9-8-10-12-21/h8-12,19,22,38H,7,13-18,20H2,1-6H3,(H,33,40)(H,32,34,35). The van der Waals surface area contributed by atoms with Gasteiger partial charge in [0.15, 0.2) is 5.82 Å². The largest absolute Gasteiger partial charge is 0.460 e. The van der Waals surface area contributed by atoms with Crippen LogP contribution in [0.3, 0.4) is 0 Å². The number of benzene rings is 1. The van der Waals surface area contributed by atoms with E-state index < -0.39 is 35.2 Å². The molecule has 3 rings (SSSR count). The summed E-state index contributed by atoms with van der Waals surface area (Å²) in [6.07, 6.45) is -0.550. The molecule has 1 aromatic heterocycles. The Labute approximate surface area is 258 Å². The topological polar surface area (TPSA) is 163 Å². The summed E-state index contributed by atoms with van der Waals surface area (Å²) in [5.74, 6) is -0.927. The van der Waals surface area contributed by atoms with Crippen molar-refractivity contribution in [3.8, 4) is 11.4 Å². The Hall–Kier alpha value is -4.26. The van der Waals surface area contributed by atoms with E-state index >= 15 is 0 Å². The molecule has 1 unspecified atom stereocenters. The van der Waals surface area contributed by atoms with E-state index in [0.717, 1.165) is 0 Å². The van der Waals surface area contributed by atoms with Gasteiger partial charge < -0.3 is 35.0 Å². The number of hydrogen-bond acceptors (Lipinski definition) is 10. The smallest absolute Gasteiger partial charge is 0.409 e. The van der Waals surface area contributed by atoms with Crippen molar-refractivity contribution in [1.29, 1.82) is 0 Å². The minimum atomic E-state index is -1.07. The predicted molar refractivity (Wildman–Crippen MR) is 164 cm³/mol. The maximum atomic E-state index is 13.7. The molecule has 0 spiro atoms. The maximum absolute atomic E-state index is 13.7. The fraction of sp³-hybridized carbons (Fsp3) is 0.548. The van der Waals surface area contributed by atoms with Crippen molar-refractivity contribution in [2.75, 3.05) is 44.7 Å². The molecule has 0 saturated carbocycles. The Morgan fingerprint density at radius 2 is 1.61 bits per heavy atom. The first-order chi connectivity index (χ1) is 20.7. The Morgan fingerprint density at radius 3 is 2.20 bits per heavy atom. The molecule has 44 heavy (non-hydrogen) atoms. The molecular formula is C31H44N6O7. The SMILES string of the molecule is CCOC(=O)N1CCN(C(=O)C(CCC(=O)OC(C)(C)C)NC(=O)c2cc(NC(C)(C)CO)nc(-c3ccccc3)n2)CC1. The lowest BCUT2D eigenvalue weighted by Crippen LogP contribution is -2.56. The second-order valence-corrected chi connectivity index (χ2v) is 12.2. The van der Waals surface area contributed by atoms with Crippen LogP contribution in [0.2, 0.25) is 0 Å². The average Bonchev–Trinajstić information content (AvgIpc) is 2.98. The van der Waals surface area contributed by atoms with Crippen LogP contribution in [-0.4, -0.2) is 105 Å². The van der Waals surface area contributed by atoms with Gasteiger partial charge in [-0.15, -0.1) is 0 Å². The van der Waals surface area contributed by atoms with Crippen molar-refractivity contribution >= 4 is 29.7 Å². The molecule has 2 heterocycles. The van der Waals surface area contributed by atoms with Crippen LogP contribution < -0.4 is 10.6 Å². The molecule has 1 aromatic carbocycles. The van der Waals surface area contributed by atoms with E-state index in [4.69, 9.17) is 9.47 Å². The number of anilines is 1. The fourth-order valence-corrected chi connectivity index (χ4v) is 4.42. The number of nitrogens with zero attached hydrogens (tertiary/aromatic N) is 4. The molecule has 240 valence electrons. The van der Waals surface area contributed by atoms with Crippen molar-refractivity contribution in [2.45, 2.75) is 71.6 Å². The van der Waals surface area contributed by atoms with E-state index in [1.165, 1.54) is 11.0 Å². The number of aliphatic hydroxyl groups is 1. The second-order valence-electron chi connectivity index (χ2n) is 12.2. The molecule has 1 fully saturated rings. The molecule has 13 heteroatoms. The zero-order valence-electron chi connectivity index (χ0n) is 26.4. The van der Waals surface area contributed by atoms with Crippen molar-refractivity contribution < 1.29 is 33.8 Å². The highest BCUT2D eigenvalue weighted by Crippen LogP contribution is 2.21. The van der Waals surface area contributed by atoms with Crippen molar-refractivity contribution in [3.63, 3.8) is 0 Å². The van der Waals surface area contributed by atoms with Crippen molar-refractivity contribution in [1.82, 2.24) is 25.1 Å². The van der Waals surface area contributed by atoms with Gasteiger partial charge in [-0.05, 0) is 48.0 Å². The van der Waals surface area contributed by atoms with E-state index in [0.29, 0.717) is 11.4 Å². The number of rotatable bonds is 11. The van der Waals surface area contributed by atoms with E-state index in [-0.39, 0.29) is 69.7 Å². The van der Waals surface area contributed by atoms with Gasteiger partial charge in [-0.3, -0.25) is 14.4 Å². The quantitative estimate of drug-likeness (QED) is 0.322. The molecular weight excluding hydrogens is 568 g/mol. The summed E-state index contributed by atoms with van der Waals surface area (Å²) >= 11 is 0. The Bertz CT molecular complexity index is 1300. The first-order valence-electron chi connectivity index (χ1n) is 14.8. The monoisotopic (exact) mass is 612 g/mol. The van der Waals surface area contributed by atoms with Gasteiger partial charge in [-0.1, -0.05) is 30.3 Å². The van der Waals surface area contributed by atoms with Crippen molar-refractivity contribution in [3.05, 3.63) is 42.1 Å². The number of amides is 3. The molecule has 1 aliphatic heterocycles. The van der Waals surface area contributed by atoms with E-state index in [1.807, 2.05) is 18.2 Å². The first kappa shape index (κ1) is 34.2. The maximum Gasteiger partial charge on any atom is 0.409 e. The highest BCUT2D eigenvalue weighted by Gasteiger charge is 2.32. The van der Waals surface area contributed by atoms with Gasteiger partial charge in [0.25, 0.3) is 5.91 Å². The first-order valence-corrected chi connectivity index (χ1v) is 14.8. The lowest BCUT2D eigenvalue weighted by molar-refractivity contribution is -0.155. The predicted octanol–water partition coefficient (Wildman–Crippen LogP) is 2.85. The normalized spacial score (nSPS) is 14.4. The van der Waals surface area contributed by atoms with Gasteiger partial charge in [0, 0.05) is 44.2 Å². The number of carbonyl (C=O) groups excluding carboxylic acids is 4. The Morgan fingerprint density at radius 1 is 0.977 bits per heavy atom. The molecule has 0 aliphatic carbocycles. The molecule has 1 saturated heterocycles. The van der Waals surface area contributed by atoms with Crippen LogP contribution >= 0.6 is 0 Å². The van der Waals surface area contributed by atoms with Crippen LogP contribution in [0, 0.1) is 0 Å². The lowest BCUT2D eigenvalue weighted by atomic mass is 10.1. The summed E-state index contributed by atoms with van der Waals surface area (Å²) < 4.78 is 10.5. The molecule has 1 aliphatic rings. The number of nitrogens with one attached hydrogen (secondary N) is 2. The van der Waals surface area contributed by atoms with E-state index in [2.05, 4.69) is 20.6 Å². The molecule has 3 amide bonds. The molecule has 0 bridgehead atoms. The summed E-state index contributed by atoms with van der Waals surface area (Å²) in [5.41, 5.74) is -0.779. The van der Waals surface area contributed by atoms with Crippen LogP contribution in [-0.2, 0) is 19.1 Å². The minimum absolute atomic E-state index is 0.00251. The zero-order valence-corrected chi connectivity index (χ0v) is 26.4. The second kappa shape index (κ2) is 15.0. The summed E-state index contributed by atoms with van der Waals surface area (Å²) in [6, 6.07) is 9.49. The van der Waals surface area contributed by atoms with Crippen LogP contribution in [0.25, 0.3) is 11.4 Å². The van der Waals surface area contributed by atoms with Crippen LogP contribution in [0.1, 0.15) is 64.9 Å². The Kier molecular flexibility index (Phi) is 11.6. The molecule has 13 nitrogen and oxygen atoms in total. The lowest BCUT2D eigenvalue weighted by Gasteiger charge is -2.36.